The number of thioether (sulfide) groups is 1. The summed E-state index contributed by atoms with van der Waals surface area (Å²) in [6.45, 7) is 2.01. The van der Waals surface area contributed by atoms with Gasteiger partial charge in [0.25, 0.3) is 0 Å². The van der Waals surface area contributed by atoms with Crippen LogP contribution >= 0.6 is 11.8 Å². The number of carboxylic acid groups (broad SMARTS) is 1. The average molecular weight is 178 g/mol. The zero-order valence-electron chi connectivity index (χ0n) is 6.78. The van der Waals surface area contributed by atoms with E-state index in [0.29, 0.717) is 11.7 Å². The van der Waals surface area contributed by atoms with Crippen molar-refractivity contribution in [1.82, 2.24) is 0 Å². The van der Waals surface area contributed by atoms with E-state index in [0.717, 1.165) is 6.42 Å². The van der Waals surface area contributed by atoms with E-state index in [4.69, 9.17) is 10.2 Å². The lowest BCUT2D eigenvalue weighted by atomic mass is 10.1. The van der Waals surface area contributed by atoms with Crippen LogP contribution in [0.3, 0.4) is 0 Å². The molecule has 0 heterocycles. The molecule has 4 heteroatoms. The van der Waals surface area contributed by atoms with Gasteiger partial charge in [-0.05, 0) is 19.1 Å². The van der Waals surface area contributed by atoms with Gasteiger partial charge in [-0.1, -0.05) is 6.92 Å². The quantitative estimate of drug-likeness (QED) is 0.658. The van der Waals surface area contributed by atoms with Crippen LogP contribution in [0.2, 0.25) is 0 Å². The van der Waals surface area contributed by atoms with Crippen molar-refractivity contribution >= 4 is 17.7 Å². The molecule has 0 fully saturated rings. The molecule has 0 saturated carbocycles. The summed E-state index contributed by atoms with van der Waals surface area (Å²) in [5.74, 6) is -1.13. The molecule has 0 saturated heterocycles. The van der Waals surface area contributed by atoms with Crippen molar-refractivity contribution in [2.75, 3.05) is 6.26 Å². The highest BCUT2D eigenvalue weighted by Crippen LogP contribution is 2.13. The van der Waals surface area contributed by atoms with Crippen molar-refractivity contribution < 1.29 is 15.0 Å². The fourth-order valence-corrected chi connectivity index (χ4v) is 1.01. The van der Waals surface area contributed by atoms with Crippen LogP contribution in [-0.4, -0.2) is 33.8 Å². The first-order valence-electron chi connectivity index (χ1n) is 3.51. The molecule has 0 aromatic heterocycles. The lowest BCUT2D eigenvalue weighted by Gasteiger charge is -2.09. The summed E-state index contributed by atoms with van der Waals surface area (Å²) in [7, 11) is 0. The number of hydrogen-bond donors (Lipinski definition) is 2. The smallest absolute Gasteiger partial charge is 0.332 e. The van der Waals surface area contributed by atoms with E-state index < -0.39 is 12.1 Å². The van der Waals surface area contributed by atoms with Crippen LogP contribution in [0.5, 0.6) is 0 Å². The van der Waals surface area contributed by atoms with Crippen molar-refractivity contribution in [1.29, 1.82) is 0 Å². The third-order valence-electron chi connectivity index (χ3n) is 1.53. The molecule has 66 valence electrons. The minimum atomic E-state index is -1.19. The van der Waals surface area contributed by atoms with Crippen LogP contribution in [0.4, 0.5) is 0 Å². The number of rotatable bonds is 5. The van der Waals surface area contributed by atoms with Crippen molar-refractivity contribution in [3.63, 3.8) is 0 Å². The summed E-state index contributed by atoms with van der Waals surface area (Å²) in [5.41, 5.74) is 0. The molecule has 2 atom stereocenters. The Bertz CT molecular complexity index is 127. The van der Waals surface area contributed by atoms with E-state index >= 15 is 0 Å². The molecule has 0 bridgehead atoms. The zero-order chi connectivity index (χ0) is 8.85. The Hall–Kier alpha value is -0.220. The molecule has 2 unspecified atom stereocenters. The van der Waals surface area contributed by atoms with E-state index in [1.807, 2.05) is 13.2 Å². The molecule has 3 nitrogen and oxygen atoms in total. The zero-order valence-corrected chi connectivity index (χ0v) is 7.60. The van der Waals surface area contributed by atoms with Crippen LogP contribution in [0, 0.1) is 0 Å². The summed E-state index contributed by atoms with van der Waals surface area (Å²) in [6.07, 6.45) is 1.87. The van der Waals surface area contributed by atoms with E-state index in [-0.39, 0.29) is 0 Å². The lowest BCUT2D eigenvalue weighted by molar-refractivity contribution is -0.146. The highest BCUT2D eigenvalue weighted by atomic mass is 32.2. The molecule has 0 aromatic rings. The third-order valence-corrected chi connectivity index (χ3v) is 2.57. The molecule has 0 aliphatic heterocycles. The number of carbonyl (C=O) groups is 1. The van der Waals surface area contributed by atoms with E-state index in [1.165, 1.54) is 0 Å². The van der Waals surface area contributed by atoms with Gasteiger partial charge in [-0.25, -0.2) is 4.79 Å². The molecule has 0 spiro atoms. The van der Waals surface area contributed by atoms with Gasteiger partial charge in [0, 0.05) is 5.25 Å². The summed E-state index contributed by atoms with van der Waals surface area (Å²) in [5, 5.41) is 17.6. The molecule has 0 amide bonds. The van der Waals surface area contributed by atoms with Gasteiger partial charge in [-0.2, -0.15) is 11.8 Å². The molecular weight excluding hydrogens is 164 g/mol. The Morgan fingerprint density at radius 1 is 1.55 bits per heavy atom. The van der Waals surface area contributed by atoms with Crippen LogP contribution < -0.4 is 0 Å². The first kappa shape index (κ1) is 10.8. The minimum Gasteiger partial charge on any atom is -0.479 e. The number of aliphatic carboxylic acids is 1. The van der Waals surface area contributed by atoms with Gasteiger partial charge in [0.05, 0.1) is 0 Å². The summed E-state index contributed by atoms with van der Waals surface area (Å²) in [6, 6.07) is 0. The van der Waals surface area contributed by atoms with Crippen LogP contribution in [0.15, 0.2) is 0 Å². The molecular formula is C7H14O3S. The normalized spacial score (nSPS) is 15.9. The van der Waals surface area contributed by atoms with Crippen molar-refractivity contribution in [3.05, 3.63) is 0 Å². The monoisotopic (exact) mass is 178 g/mol. The van der Waals surface area contributed by atoms with Crippen LogP contribution in [-0.2, 0) is 4.79 Å². The van der Waals surface area contributed by atoms with E-state index in [1.54, 1.807) is 11.8 Å². The van der Waals surface area contributed by atoms with E-state index in [2.05, 4.69) is 0 Å². The average Bonchev–Trinajstić information content (AvgIpc) is 1.99. The van der Waals surface area contributed by atoms with Gasteiger partial charge in [-0.15, -0.1) is 0 Å². The predicted octanol–water partition coefficient (Wildman–Crippen LogP) is 0.964. The fourth-order valence-electron chi connectivity index (χ4n) is 0.634. The lowest BCUT2D eigenvalue weighted by Crippen LogP contribution is -2.20. The number of aliphatic hydroxyl groups is 1. The maximum atomic E-state index is 10.1. The standard InChI is InChI=1S/C7H14O3S/c1-5(11-2)3-4-6(8)7(9)10/h5-6,8H,3-4H2,1-2H3,(H,9,10). The Kier molecular flexibility index (Phi) is 5.32. The van der Waals surface area contributed by atoms with Gasteiger partial charge in [0.1, 0.15) is 0 Å². The van der Waals surface area contributed by atoms with E-state index in [9.17, 15) is 4.79 Å². The topological polar surface area (TPSA) is 57.5 Å². The predicted molar refractivity (Wildman–Crippen MR) is 45.9 cm³/mol. The highest BCUT2D eigenvalue weighted by molar-refractivity contribution is 7.99. The first-order valence-corrected chi connectivity index (χ1v) is 4.80. The van der Waals surface area contributed by atoms with Crippen molar-refractivity contribution in [3.8, 4) is 0 Å². The Morgan fingerprint density at radius 2 is 2.09 bits per heavy atom. The SMILES string of the molecule is CSC(C)CCC(O)C(=O)O. The second-order valence-electron chi connectivity index (χ2n) is 2.48. The molecule has 0 radical (unpaired) electrons. The maximum Gasteiger partial charge on any atom is 0.332 e. The highest BCUT2D eigenvalue weighted by Gasteiger charge is 2.13. The molecule has 0 aliphatic rings. The number of carboxylic acids is 1. The maximum absolute atomic E-state index is 10.1. The molecule has 0 rings (SSSR count). The summed E-state index contributed by atoms with van der Waals surface area (Å²) < 4.78 is 0. The van der Waals surface area contributed by atoms with Crippen LogP contribution in [0.1, 0.15) is 19.8 Å². The van der Waals surface area contributed by atoms with Gasteiger partial charge in [0.15, 0.2) is 6.10 Å². The second-order valence-corrected chi connectivity index (χ2v) is 3.75. The molecule has 11 heavy (non-hydrogen) atoms. The number of aliphatic hydroxyl groups excluding tert-OH is 1. The Labute approximate surface area is 70.8 Å². The van der Waals surface area contributed by atoms with Crippen molar-refractivity contribution in [2.24, 2.45) is 0 Å². The van der Waals surface area contributed by atoms with Gasteiger partial charge in [-0.3, -0.25) is 0 Å². The fraction of sp³-hybridized carbons (Fsp3) is 0.857. The Balaban J connectivity index is 3.45. The van der Waals surface area contributed by atoms with Gasteiger partial charge in [0.2, 0.25) is 0 Å². The summed E-state index contributed by atoms with van der Waals surface area (Å²) >= 11 is 1.67. The Morgan fingerprint density at radius 3 is 2.45 bits per heavy atom. The number of hydrogen-bond acceptors (Lipinski definition) is 3. The summed E-state index contributed by atoms with van der Waals surface area (Å²) in [4.78, 5) is 10.1. The van der Waals surface area contributed by atoms with Crippen molar-refractivity contribution in [2.45, 2.75) is 31.1 Å². The second kappa shape index (κ2) is 5.43. The molecule has 2 N–H and O–H groups in total. The molecule has 0 aromatic carbocycles. The van der Waals surface area contributed by atoms with Crippen LogP contribution in [0.25, 0.3) is 0 Å². The first-order chi connectivity index (χ1) is 5.07. The third kappa shape index (κ3) is 5.09. The molecule has 0 aliphatic carbocycles. The van der Waals surface area contributed by atoms with Gasteiger partial charge >= 0.3 is 5.97 Å². The van der Waals surface area contributed by atoms with Gasteiger partial charge < -0.3 is 10.2 Å². The minimum absolute atomic E-state index is 0.345. The largest absolute Gasteiger partial charge is 0.479 e.